The van der Waals surface area contributed by atoms with Gasteiger partial charge in [0.2, 0.25) is 5.91 Å². The fourth-order valence-corrected chi connectivity index (χ4v) is 6.38. The van der Waals surface area contributed by atoms with Crippen LogP contribution in [0.3, 0.4) is 0 Å². The maximum absolute atomic E-state index is 14.9. The van der Waals surface area contributed by atoms with Crippen molar-refractivity contribution in [2.75, 3.05) is 26.9 Å². The van der Waals surface area contributed by atoms with Crippen molar-refractivity contribution in [2.45, 2.75) is 64.7 Å². The Labute approximate surface area is 299 Å². The quantitative estimate of drug-likeness (QED) is 0.101. The van der Waals surface area contributed by atoms with Crippen LogP contribution in [0.15, 0.2) is 60.9 Å². The van der Waals surface area contributed by atoms with Crippen LogP contribution in [0.4, 0.5) is 18.0 Å². The van der Waals surface area contributed by atoms with Gasteiger partial charge in [-0.25, -0.2) is 23.0 Å². The lowest BCUT2D eigenvalue weighted by Crippen LogP contribution is -2.55. The van der Waals surface area contributed by atoms with E-state index in [4.69, 9.17) is 18.9 Å². The number of pyridine rings is 1. The summed E-state index contributed by atoms with van der Waals surface area (Å²) < 4.78 is 64.4. The first-order valence-corrected chi connectivity index (χ1v) is 16.9. The van der Waals surface area contributed by atoms with Gasteiger partial charge in [0.15, 0.2) is 23.7 Å². The topological polar surface area (TPSA) is 149 Å². The van der Waals surface area contributed by atoms with E-state index in [0.29, 0.717) is 18.6 Å². The van der Waals surface area contributed by atoms with E-state index in [0.717, 1.165) is 28.3 Å². The minimum absolute atomic E-state index is 0.0541. The van der Waals surface area contributed by atoms with Crippen LogP contribution < -0.4 is 10.7 Å². The average Bonchev–Trinajstić information content (AvgIpc) is 3.73. The number of aromatic nitrogens is 1. The van der Waals surface area contributed by atoms with Gasteiger partial charge in [0.25, 0.3) is 0 Å². The van der Waals surface area contributed by atoms with Gasteiger partial charge in [-0.15, -0.1) is 0 Å². The molecule has 2 amide bonds. The van der Waals surface area contributed by atoms with Gasteiger partial charge in [0, 0.05) is 31.0 Å². The maximum atomic E-state index is 14.9. The number of hydrogen-bond donors (Lipinski definition) is 3. The lowest BCUT2D eigenvalue weighted by Gasteiger charge is -2.33. The predicted octanol–water partition coefficient (Wildman–Crippen LogP) is 4.29. The highest BCUT2D eigenvalue weighted by Crippen LogP contribution is 2.33. The molecule has 3 heterocycles. The smallest absolute Gasteiger partial charge is 0.422 e. The molecular formula is C37H43F3N4O8. The second-order valence-corrected chi connectivity index (χ2v) is 13.9. The summed E-state index contributed by atoms with van der Waals surface area (Å²) in [6, 6.07) is 11.7. The minimum atomic E-state index is -1.70. The molecule has 12 nitrogen and oxygen atoms in total. The molecule has 0 bridgehead atoms. The summed E-state index contributed by atoms with van der Waals surface area (Å²) in [6.07, 6.45) is 0.426. The van der Waals surface area contributed by atoms with Gasteiger partial charge in [-0.05, 0) is 47.1 Å². The molecule has 2 fully saturated rings. The molecule has 2 aliphatic rings. The summed E-state index contributed by atoms with van der Waals surface area (Å²) in [6.45, 7) is 4.63. The molecular weight excluding hydrogens is 685 g/mol. The molecule has 6 unspecified atom stereocenters. The highest BCUT2D eigenvalue weighted by Gasteiger charge is 2.44. The van der Waals surface area contributed by atoms with Gasteiger partial charge in [0.1, 0.15) is 12.0 Å². The van der Waals surface area contributed by atoms with E-state index in [1.807, 2.05) is 30.3 Å². The molecule has 2 saturated heterocycles. The van der Waals surface area contributed by atoms with Gasteiger partial charge >= 0.3 is 12.1 Å². The number of aliphatic hydroxyl groups excluding tert-OH is 1. The summed E-state index contributed by atoms with van der Waals surface area (Å²) in [5.41, 5.74) is 3.73. The van der Waals surface area contributed by atoms with Crippen LogP contribution in [0.2, 0.25) is 0 Å². The maximum Gasteiger partial charge on any atom is 0.422 e. The van der Waals surface area contributed by atoms with E-state index in [1.165, 1.54) is 7.11 Å². The zero-order valence-electron chi connectivity index (χ0n) is 29.3. The number of amides is 2. The fraction of sp³-hybridized carbons (Fsp3) is 0.459. The van der Waals surface area contributed by atoms with Crippen molar-refractivity contribution < 1.29 is 51.6 Å². The Kier molecular flexibility index (Phi) is 12.5. The number of carbonyl (C=O) groups excluding carboxylic acids is 3. The van der Waals surface area contributed by atoms with E-state index in [-0.39, 0.29) is 24.5 Å². The van der Waals surface area contributed by atoms with Crippen molar-refractivity contribution in [1.82, 2.24) is 20.7 Å². The monoisotopic (exact) mass is 728 g/mol. The number of esters is 1. The third-order valence-corrected chi connectivity index (χ3v) is 9.14. The second-order valence-electron chi connectivity index (χ2n) is 13.9. The van der Waals surface area contributed by atoms with Crippen molar-refractivity contribution in [3.05, 3.63) is 89.5 Å². The third-order valence-electron chi connectivity index (χ3n) is 9.14. The van der Waals surface area contributed by atoms with Crippen molar-refractivity contribution in [2.24, 2.45) is 17.3 Å². The Morgan fingerprint density at radius 2 is 1.79 bits per heavy atom. The summed E-state index contributed by atoms with van der Waals surface area (Å²) in [5, 5.41) is 15.6. The molecule has 3 N–H and O–H groups in total. The number of halogens is 3. The third kappa shape index (κ3) is 9.45. The molecule has 0 radical (unpaired) electrons. The Bertz CT molecular complexity index is 1710. The first kappa shape index (κ1) is 38.7. The zero-order chi connectivity index (χ0) is 37.6. The van der Waals surface area contributed by atoms with Crippen molar-refractivity contribution in [3.8, 4) is 11.1 Å². The highest BCUT2D eigenvalue weighted by molar-refractivity contribution is 5.98. The largest absolute Gasteiger partial charge is 0.468 e. The standard InChI is InChI=1S/C37H43F3N4O8/c1-37(2,3)30(34(47)49-4)33(46)42-27(16-21-7-9-22(10-8-21)23-6-5-14-41-17-23)28(45)19-44(18-24-11-12-26(38)32(40)31(24)39)43-36(48)52-29-20-51-35-25(29)13-15-50-35/h5-12,14,17,25,27-30,35,45H,13,15-16,18-20H2,1-4H3,(H,42,46)(H,43,48). The Balaban J connectivity index is 1.40. The molecule has 2 aliphatic heterocycles. The number of fused-ring (bicyclic) bond motifs is 1. The van der Waals surface area contributed by atoms with Crippen LogP contribution >= 0.6 is 0 Å². The fourth-order valence-electron chi connectivity index (χ4n) is 6.38. The summed E-state index contributed by atoms with van der Waals surface area (Å²) in [7, 11) is 1.17. The zero-order valence-corrected chi connectivity index (χ0v) is 29.3. The Hall–Kier alpha value is -4.57. The first-order valence-electron chi connectivity index (χ1n) is 16.9. The molecule has 15 heteroatoms. The van der Waals surface area contributed by atoms with E-state index in [1.54, 1.807) is 39.2 Å². The predicted molar refractivity (Wildman–Crippen MR) is 180 cm³/mol. The molecule has 0 spiro atoms. The first-order chi connectivity index (χ1) is 24.7. The lowest BCUT2D eigenvalue weighted by atomic mass is 9.80. The normalized spacial score (nSPS) is 20.1. The van der Waals surface area contributed by atoms with Crippen LogP contribution in [0, 0.1) is 34.7 Å². The average molecular weight is 729 g/mol. The number of aliphatic hydroxyl groups is 1. The van der Waals surface area contributed by atoms with Gasteiger partial charge in [-0.2, -0.15) is 0 Å². The number of rotatable bonds is 13. The molecule has 280 valence electrons. The number of methoxy groups -OCH3 is 1. The van der Waals surface area contributed by atoms with Crippen LogP contribution in [0.25, 0.3) is 11.1 Å². The van der Waals surface area contributed by atoms with Crippen molar-refractivity contribution in [3.63, 3.8) is 0 Å². The Morgan fingerprint density at radius 1 is 1.04 bits per heavy atom. The number of carbonyl (C=O) groups is 3. The van der Waals surface area contributed by atoms with Crippen molar-refractivity contribution >= 4 is 18.0 Å². The van der Waals surface area contributed by atoms with Gasteiger partial charge < -0.3 is 29.4 Å². The molecule has 0 aliphatic carbocycles. The number of nitrogens with zero attached hydrogens (tertiary/aromatic N) is 2. The van der Waals surface area contributed by atoms with Crippen LogP contribution in [0.1, 0.15) is 38.3 Å². The molecule has 5 rings (SSSR count). The summed E-state index contributed by atoms with van der Waals surface area (Å²) >= 11 is 0. The Morgan fingerprint density at radius 3 is 2.46 bits per heavy atom. The van der Waals surface area contributed by atoms with E-state index in [2.05, 4.69) is 15.7 Å². The molecule has 2 aromatic carbocycles. The summed E-state index contributed by atoms with van der Waals surface area (Å²) in [5.74, 6) is -7.51. The molecule has 6 atom stereocenters. The number of ether oxygens (including phenoxy) is 4. The van der Waals surface area contributed by atoms with E-state index < -0.39 is 84.4 Å². The van der Waals surface area contributed by atoms with Gasteiger partial charge in [-0.3, -0.25) is 20.0 Å². The number of nitrogens with one attached hydrogen (secondary N) is 2. The SMILES string of the molecule is COC(=O)C(C(=O)NC(Cc1ccc(-c2cccnc2)cc1)C(O)CN(Cc1ccc(F)c(F)c1F)NC(=O)OC1COC2OCCC12)C(C)(C)C. The van der Waals surface area contributed by atoms with E-state index in [9.17, 15) is 32.7 Å². The minimum Gasteiger partial charge on any atom is -0.468 e. The number of benzene rings is 2. The number of hydrazine groups is 1. The van der Waals surface area contributed by atoms with Crippen LogP contribution in [-0.4, -0.2) is 84.5 Å². The second kappa shape index (κ2) is 16.8. The molecule has 0 saturated carbocycles. The molecule has 52 heavy (non-hydrogen) atoms. The van der Waals surface area contributed by atoms with Crippen LogP contribution in [0.5, 0.6) is 0 Å². The summed E-state index contributed by atoms with van der Waals surface area (Å²) in [4.78, 5) is 43.8. The molecule has 3 aromatic rings. The molecule has 1 aromatic heterocycles. The van der Waals surface area contributed by atoms with Crippen LogP contribution in [-0.2, 0) is 41.5 Å². The van der Waals surface area contributed by atoms with Gasteiger partial charge in [-0.1, -0.05) is 57.2 Å². The lowest BCUT2D eigenvalue weighted by molar-refractivity contribution is -0.155. The van der Waals surface area contributed by atoms with E-state index >= 15 is 0 Å². The highest BCUT2D eigenvalue weighted by atomic mass is 19.2. The van der Waals surface area contributed by atoms with Crippen molar-refractivity contribution in [1.29, 1.82) is 0 Å². The van der Waals surface area contributed by atoms with Gasteiger partial charge in [0.05, 0.1) is 38.4 Å². The number of hydrogen-bond acceptors (Lipinski definition) is 10.